The second-order valence-corrected chi connectivity index (χ2v) is 6.78. The smallest absolute Gasteiger partial charge is 0.223 e. The summed E-state index contributed by atoms with van der Waals surface area (Å²) in [6.07, 6.45) is 4.79. The average molecular weight is 376 g/mol. The number of nitrogens with one attached hydrogen (secondary N) is 1. The molecule has 3 atom stereocenters. The van der Waals surface area contributed by atoms with E-state index in [2.05, 4.69) is 40.3 Å². The van der Waals surface area contributed by atoms with Crippen molar-refractivity contribution in [3.05, 3.63) is 34.3 Å². The van der Waals surface area contributed by atoms with E-state index in [-0.39, 0.29) is 36.3 Å². The van der Waals surface area contributed by atoms with Gasteiger partial charge in [-0.25, -0.2) is 0 Å². The van der Waals surface area contributed by atoms with Gasteiger partial charge in [0.05, 0.1) is 0 Å². The highest BCUT2D eigenvalue weighted by molar-refractivity contribution is 9.10. The fourth-order valence-corrected chi connectivity index (χ4v) is 3.12. The van der Waals surface area contributed by atoms with E-state index in [0.29, 0.717) is 0 Å². The lowest BCUT2D eigenvalue weighted by atomic mass is 9.85. The fraction of sp³-hybridized carbons (Fsp3) is 0.562. The molecule has 0 radical (unpaired) electrons. The number of hydrogen-bond donors (Lipinski definition) is 2. The molecular weight excluding hydrogens is 352 g/mol. The van der Waals surface area contributed by atoms with E-state index in [9.17, 15) is 4.79 Å². The quantitative estimate of drug-likeness (QED) is 0.847. The third-order valence-electron chi connectivity index (χ3n) is 3.93. The van der Waals surface area contributed by atoms with Crippen LogP contribution in [0.5, 0.6) is 0 Å². The number of nitrogens with two attached hydrogens (primary N) is 1. The Morgan fingerprint density at radius 2 is 2.05 bits per heavy atom. The molecule has 1 aliphatic carbocycles. The third kappa shape index (κ3) is 5.97. The van der Waals surface area contributed by atoms with Gasteiger partial charge in [0, 0.05) is 22.5 Å². The normalized spacial score (nSPS) is 23.0. The molecule has 0 spiro atoms. The molecule has 21 heavy (non-hydrogen) atoms. The summed E-state index contributed by atoms with van der Waals surface area (Å²) in [5.41, 5.74) is 7.18. The number of carbonyl (C=O) groups excluding carboxylic acids is 1. The number of carbonyl (C=O) groups is 1. The molecule has 2 rings (SSSR count). The van der Waals surface area contributed by atoms with Crippen LogP contribution in [0.3, 0.4) is 0 Å². The molecule has 1 saturated carbocycles. The van der Waals surface area contributed by atoms with E-state index < -0.39 is 0 Å². The zero-order chi connectivity index (χ0) is 14.5. The molecule has 0 aromatic heterocycles. The monoisotopic (exact) mass is 374 g/mol. The molecule has 5 heteroatoms. The molecule has 1 aromatic rings. The van der Waals surface area contributed by atoms with Gasteiger partial charge in [-0.2, -0.15) is 0 Å². The van der Waals surface area contributed by atoms with E-state index in [1.807, 2.05) is 12.1 Å². The van der Waals surface area contributed by atoms with Crippen LogP contribution < -0.4 is 11.1 Å². The molecule has 0 aliphatic heterocycles. The van der Waals surface area contributed by atoms with Crippen molar-refractivity contribution in [1.82, 2.24) is 5.32 Å². The van der Waals surface area contributed by atoms with Gasteiger partial charge in [-0.3, -0.25) is 4.79 Å². The Balaban J connectivity index is 0.00000220. The first-order valence-electron chi connectivity index (χ1n) is 7.35. The summed E-state index contributed by atoms with van der Waals surface area (Å²) in [6, 6.07) is 8.59. The van der Waals surface area contributed by atoms with E-state index in [1.165, 1.54) is 5.56 Å². The molecule has 1 aliphatic rings. The zero-order valence-corrected chi connectivity index (χ0v) is 14.8. The van der Waals surface area contributed by atoms with Crippen molar-refractivity contribution < 1.29 is 4.79 Å². The van der Waals surface area contributed by atoms with Gasteiger partial charge in [-0.15, -0.1) is 12.4 Å². The third-order valence-corrected chi connectivity index (χ3v) is 4.46. The summed E-state index contributed by atoms with van der Waals surface area (Å²) in [6.45, 7) is 2.06. The van der Waals surface area contributed by atoms with Crippen molar-refractivity contribution in [3.8, 4) is 0 Å². The van der Waals surface area contributed by atoms with Gasteiger partial charge in [0.2, 0.25) is 5.91 Å². The zero-order valence-electron chi connectivity index (χ0n) is 12.3. The summed E-state index contributed by atoms with van der Waals surface area (Å²) in [7, 11) is 0. The molecule has 3 unspecified atom stereocenters. The predicted molar refractivity (Wildman–Crippen MR) is 92.6 cm³/mol. The SMILES string of the molecule is CC(Cc1ccc(Br)cc1)NC(=O)C1CCCC(N)C1.Cl. The molecule has 1 fully saturated rings. The Kier molecular flexibility index (Phi) is 7.71. The average Bonchev–Trinajstić information content (AvgIpc) is 2.41. The fourth-order valence-electron chi connectivity index (χ4n) is 2.85. The summed E-state index contributed by atoms with van der Waals surface area (Å²) in [4.78, 5) is 12.2. The number of benzene rings is 1. The van der Waals surface area contributed by atoms with Crippen molar-refractivity contribution >= 4 is 34.2 Å². The van der Waals surface area contributed by atoms with Crippen LogP contribution in [0, 0.1) is 5.92 Å². The van der Waals surface area contributed by atoms with Crippen molar-refractivity contribution in [3.63, 3.8) is 0 Å². The van der Waals surface area contributed by atoms with Crippen molar-refractivity contribution in [2.75, 3.05) is 0 Å². The summed E-state index contributed by atoms with van der Waals surface area (Å²) in [5.74, 6) is 0.274. The lowest BCUT2D eigenvalue weighted by molar-refractivity contribution is -0.126. The standard InChI is InChI=1S/C16H23BrN2O.ClH/c1-11(9-12-5-7-14(17)8-6-12)19-16(20)13-3-2-4-15(18)10-13;/h5-8,11,13,15H,2-4,9-10,18H2,1H3,(H,19,20);1H. The highest BCUT2D eigenvalue weighted by Crippen LogP contribution is 2.23. The molecule has 1 aromatic carbocycles. The van der Waals surface area contributed by atoms with Crippen LogP contribution in [0.2, 0.25) is 0 Å². The number of hydrogen-bond acceptors (Lipinski definition) is 2. The molecule has 0 heterocycles. The van der Waals surface area contributed by atoms with Gasteiger partial charge in [0.15, 0.2) is 0 Å². The minimum Gasteiger partial charge on any atom is -0.353 e. The second-order valence-electron chi connectivity index (χ2n) is 5.86. The van der Waals surface area contributed by atoms with Crippen LogP contribution in [0.1, 0.15) is 38.2 Å². The first kappa shape index (κ1) is 18.5. The highest BCUT2D eigenvalue weighted by atomic mass is 79.9. The van der Waals surface area contributed by atoms with Gasteiger partial charge >= 0.3 is 0 Å². The Hall–Kier alpha value is -0.580. The summed E-state index contributed by atoms with van der Waals surface area (Å²) < 4.78 is 1.08. The maximum atomic E-state index is 12.2. The van der Waals surface area contributed by atoms with Gasteiger partial charge < -0.3 is 11.1 Å². The molecule has 0 saturated heterocycles. The molecular formula is C16H24BrClN2O. The maximum absolute atomic E-state index is 12.2. The predicted octanol–water partition coefficient (Wildman–Crippen LogP) is 3.44. The van der Waals surface area contributed by atoms with Gasteiger partial charge in [0.1, 0.15) is 0 Å². The van der Waals surface area contributed by atoms with Gasteiger partial charge in [-0.05, 0) is 50.3 Å². The highest BCUT2D eigenvalue weighted by Gasteiger charge is 2.25. The lowest BCUT2D eigenvalue weighted by Crippen LogP contribution is -2.42. The van der Waals surface area contributed by atoms with E-state index >= 15 is 0 Å². The van der Waals surface area contributed by atoms with Crippen LogP contribution in [-0.2, 0) is 11.2 Å². The van der Waals surface area contributed by atoms with Crippen LogP contribution in [0.25, 0.3) is 0 Å². The first-order chi connectivity index (χ1) is 9.54. The lowest BCUT2D eigenvalue weighted by Gasteiger charge is -2.27. The van der Waals surface area contributed by atoms with Crippen LogP contribution in [0.15, 0.2) is 28.7 Å². The Morgan fingerprint density at radius 3 is 2.67 bits per heavy atom. The van der Waals surface area contributed by atoms with E-state index in [4.69, 9.17) is 5.73 Å². The van der Waals surface area contributed by atoms with Crippen molar-refractivity contribution in [2.24, 2.45) is 11.7 Å². The van der Waals surface area contributed by atoms with Gasteiger partial charge in [-0.1, -0.05) is 34.5 Å². The van der Waals surface area contributed by atoms with Crippen LogP contribution in [0.4, 0.5) is 0 Å². The Morgan fingerprint density at radius 1 is 1.38 bits per heavy atom. The number of halogens is 2. The first-order valence-corrected chi connectivity index (χ1v) is 8.14. The molecule has 3 nitrogen and oxygen atoms in total. The molecule has 118 valence electrons. The van der Waals surface area contributed by atoms with E-state index in [1.54, 1.807) is 0 Å². The van der Waals surface area contributed by atoms with E-state index in [0.717, 1.165) is 36.6 Å². The topological polar surface area (TPSA) is 55.1 Å². The van der Waals surface area contributed by atoms with Crippen LogP contribution in [-0.4, -0.2) is 18.0 Å². The second kappa shape index (κ2) is 8.76. The molecule has 3 N–H and O–H groups in total. The minimum atomic E-state index is 0. The van der Waals surface area contributed by atoms with Crippen LogP contribution >= 0.6 is 28.3 Å². The Bertz CT molecular complexity index is 452. The number of amides is 1. The maximum Gasteiger partial charge on any atom is 0.223 e. The largest absolute Gasteiger partial charge is 0.353 e. The Labute approximate surface area is 141 Å². The molecule has 0 bridgehead atoms. The number of rotatable bonds is 4. The summed E-state index contributed by atoms with van der Waals surface area (Å²) in [5, 5.41) is 3.13. The summed E-state index contributed by atoms with van der Waals surface area (Å²) >= 11 is 3.43. The minimum absolute atomic E-state index is 0. The molecule has 1 amide bonds. The van der Waals surface area contributed by atoms with Gasteiger partial charge in [0.25, 0.3) is 0 Å². The van der Waals surface area contributed by atoms with Crippen molar-refractivity contribution in [2.45, 2.75) is 51.1 Å². The van der Waals surface area contributed by atoms with Crippen molar-refractivity contribution in [1.29, 1.82) is 0 Å².